The molecule has 1 atom stereocenters. The third-order valence-corrected chi connectivity index (χ3v) is 3.86. The molecule has 19 heavy (non-hydrogen) atoms. The van der Waals surface area contributed by atoms with Crippen LogP contribution in [0, 0.1) is 5.92 Å². The molecule has 0 spiro atoms. The minimum absolute atomic E-state index is 0.189. The van der Waals surface area contributed by atoms with Crippen molar-refractivity contribution in [3.05, 3.63) is 32.6 Å². The first-order chi connectivity index (χ1) is 9.02. The van der Waals surface area contributed by atoms with Crippen LogP contribution in [0.2, 0.25) is 0 Å². The Hall–Kier alpha value is -1.40. The van der Waals surface area contributed by atoms with Crippen molar-refractivity contribution >= 4 is 0 Å². The zero-order chi connectivity index (χ0) is 14.0. The average molecular weight is 266 g/mol. The second-order valence-electron chi connectivity index (χ2n) is 5.38. The van der Waals surface area contributed by atoms with Crippen LogP contribution in [0.25, 0.3) is 0 Å². The van der Waals surface area contributed by atoms with Gasteiger partial charge in [0.05, 0.1) is 0 Å². The molecule has 6 nitrogen and oxygen atoms in total. The highest BCUT2D eigenvalue weighted by atomic mass is 16.2. The summed E-state index contributed by atoms with van der Waals surface area (Å²) in [6.45, 7) is 3.32. The van der Waals surface area contributed by atoms with Crippen molar-refractivity contribution in [2.45, 2.75) is 19.4 Å². The quantitative estimate of drug-likeness (QED) is 0.778. The van der Waals surface area contributed by atoms with Crippen LogP contribution in [-0.4, -0.2) is 33.7 Å². The molecule has 0 radical (unpaired) electrons. The lowest BCUT2D eigenvalue weighted by Crippen LogP contribution is -2.39. The molecule has 1 aromatic heterocycles. The number of nitrogens with two attached hydrogens (primary N) is 1. The fraction of sp³-hybridized carbons (Fsp3) is 0.692. The topological polar surface area (TPSA) is 73.3 Å². The van der Waals surface area contributed by atoms with Crippen LogP contribution < -0.4 is 17.0 Å². The van der Waals surface area contributed by atoms with Crippen molar-refractivity contribution < 1.29 is 0 Å². The molecule has 1 fully saturated rings. The molecule has 1 aliphatic heterocycles. The number of hydrogen-bond acceptors (Lipinski definition) is 4. The molecule has 0 amide bonds. The molecule has 0 saturated carbocycles. The van der Waals surface area contributed by atoms with E-state index in [1.165, 1.54) is 16.2 Å². The summed E-state index contributed by atoms with van der Waals surface area (Å²) in [6, 6.07) is 0. The maximum absolute atomic E-state index is 12.0. The molecule has 1 saturated heterocycles. The summed E-state index contributed by atoms with van der Waals surface area (Å²) in [5.41, 5.74) is 5.78. The highest BCUT2D eigenvalue weighted by molar-refractivity contribution is 5.06. The second-order valence-corrected chi connectivity index (χ2v) is 5.38. The third kappa shape index (κ3) is 2.96. The maximum Gasteiger partial charge on any atom is 0.330 e. The third-order valence-electron chi connectivity index (χ3n) is 3.86. The SMILES string of the molecule is Cn1cc(CN2CCC(CCN)C2)c(=O)n(C)c1=O. The maximum atomic E-state index is 12.0. The molecular weight excluding hydrogens is 244 g/mol. The fourth-order valence-corrected chi connectivity index (χ4v) is 2.76. The Balaban J connectivity index is 2.13. The number of aromatic nitrogens is 2. The lowest BCUT2D eigenvalue weighted by atomic mass is 10.1. The van der Waals surface area contributed by atoms with Gasteiger partial charge in [0, 0.05) is 38.9 Å². The van der Waals surface area contributed by atoms with Crippen LogP contribution in [0.3, 0.4) is 0 Å². The van der Waals surface area contributed by atoms with Crippen LogP contribution >= 0.6 is 0 Å². The molecular formula is C13H22N4O2. The van der Waals surface area contributed by atoms with Gasteiger partial charge in [-0.25, -0.2) is 4.79 Å². The number of aryl methyl sites for hydroxylation is 1. The van der Waals surface area contributed by atoms with Crippen molar-refractivity contribution in [2.24, 2.45) is 25.7 Å². The van der Waals surface area contributed by atoms with E-state index in [0.717, 1.165) is 32.5 Å². The smallest absolute Gasteiger partial charge is 0.330 e. The monoisotopic (exact) mass is 266 g/mol. The predicted octanol–water partition coefficient (Wildman–Crippen LogP) is -0.745. The fourth-order valence-electron chi connectivity index (χ4n) is 2.76. The van der Waals surface area contributed by atoms with Crippen molar-refractivity contribution in [1.82, 2.24) is 14.0 Å². The Morgan fingerprint density at radius 2 is 2.11 bits per heavy atom. The Morgan fingerprint density at radius 1 is 1.37 bits per heavy atom. The van der Waals surface area contributed by atoms with Gasteiger partial charge in [-0.2, -0.15) is 0 Å². The van der Waals surface area contributed by atoms with E-state index in [-0.39, 0.29) is 11.2 Å². The lowest BCUT2D eigenvalue weighted by molar-refractivity contribution is 0.310. The van der Waals surface area contributed by atoms with E-state index in [0.29, 0.717) is 18.0 Å². The van der Waals surface area contributed by atoms with Gasteiger partial charge in [0.2, 0.25) is 0 Å². The molecule has 0 aromatic carbocycles. The van der Waals surface area contributed by atoms with Gasteiger partial charge in [-0.3, -0.25) is 14.3 Å². The normalized spacial score (nSPS) is 20.1. The summed E-state index contributed by atoms with van der Waals surface area (Å²) in [7, 11) is 3.20. The Labute approximate surface area is 112 Å². The summed E-state index contributed by atoms with van der Waals surface area (Å²) in [5.74, 6) is 0.640. The summed E-state index contributed by atoms with van der Waals surface area (Å²) in [6.07, 6.45) is 3.84. The first-order valence-electron chi connectivity index (χ1n) is 6.71. The van der Waals surface area contributed by atoms with Crippen molar-refractivity contribution in [1.29, 1.82) is 0 Å². The summed E-state index contributed by atoms with van der Waals surface area (Å²) in [4.78, 5) is 25.9. The van der Waals surface area contributed by atoms with Crippen LogP contribution in [0.4, 0.5) is 0 Å². The molecule has 1 unspecified atom stereocenters. The first kappa shape index (κ1) is 14.0. The van der Waals surface area contributed by atoms with Crippen molar-refractivity contribution in [2.75, 3.05) is 19.6 Å². The summed E-state index contributed by atoms with van der Waals surface area (Å²) >= 11 is 0. The van der Waals surface area contributed by atoms with Crippen LogP contribution in [0.5, 0.6) is 0 Å². The lowest BCUT2D eigenvalue weighted by Gasteiger charge is -2.16. The van der Waals surface area contributed by atoms with E-state index in [2.05, 4.69) is 4.90 Å². The van der Waals surface area contributed by atoms with Crippen LogP contribution in [0.15, 0.2) is 15.8 Å². The number of rotatable bonds is 4. The molecule has 0 aliphatic carbocycles. The number of likely N-dealkylation sites (tertiary alicyclic amines) is 1. The number of nitrogens with zero attached hydrogens (tertiary/aromatic N) is 3. The molecule has 2 heterocycles. The second kappa shape index (κ2) is 5.71. The molecule has 106 valence electrons. The van der Waals surface area contributed by atoms with Crippen molar-refractivity contribution in [3.63, 3.8) is 0 Å². The average Bonchev–Trinajstić information content (AvgIpc) is 2.81. The van der Waals surface area contributed by atoms with E-state index in [9.17, 15) is 9.59 Å². The Morgan fingerprint density at radius 3 is 2.79 bits per heavy atom. The van der Waals surface area contributed by atoms with Crippen LogP contribution in [0.1, 0.15) is 18.4 Å². The molecule has 2 rings (SSSR count). The summed E-state index contributed by atoms with van der Waals surface area (Å²) < 4.78 is 2.63. The zero-order valence-electron chi connectivity index (χ0n) is 11.6. The zero-order valence-corrected chi connectivity index (χ0v) is 11.6. The molecule has 2 N–H and O–H groups in total. The van der Waals surface area contributed by atoms with Gasteiger partial charge in [-0.1, -0.05) is 0 Å². The Bertz CT molecular complexity index is 561. The van der Waals surface area contributed by atoms with Crippen LogP contribution in [-0.2, 0) is 20.6 Å². The van der Waals surface area contributed by atoms with Gasteiger partial charge < -0.3 is 10.3 Å². The summed E-state index contributed by atoms with van der Waals surface area (Å²) in [5, 5.41) is 0. The first-order valence-corrected chi connectivity index (χ1v) is 6.71. The van der Waals surface area contributed by atoms with Gasteiger partial charge in [-0.15, -0.1) is 0 Å². The minimum Gasteiger partial charge on any atom is -0.330 e. The van der Waals surface area contributed by atoms with E-state index in [4.69, 9.17) is 5.73 Å². The van der Waals surface area contributed by atoms with Gasteiger partial charge in [0.25, 0.3) is 5.56 Å². The molecule has 0 bridgehead atoms. The number of hydrogen-bond donors (Lipinski definition) is 1. The molecule has 1 aliphatic rings. The highest BCUT2D eigenvalue weighted by Crippen LogP contribution is 2.19. The van der Waals surface area contributed by atoms with E-state index in [1.54, 1.807) is 13.2 Å². The Kier molecular flexibility index (Phi) is 4.21. The molecule has 6 heteroatoms. The van der Waals surface area contributed by atoms with Gasteiger partial charge in [0.15, 0.2) is 0 Å². The minimum atomic E-state index is -0.281. The standard InChI is InChI=1S/C13H22N4O2/c1-15-8-11(12(18)16(2)13(15)19)9-17-6-4-10(7-17)3-5-14/h8,10H,3-7,9,14H2,1-2H3. The van der Waals surface area contributed by atoms with Gasteiger partial charge in [0.1, 0.15) is 0 Å². The largest absolute Gasteiger partial charge is 0.330 e. The van der Waals surface area contributed by atoms with E-state index in [1.807, 2.05) is 0 Å². The van der Waals surface area contributed by atoms with E-state index >= 15 is 0 Å². The highest BCUT2D eigenvalue weighted by Gasteiger charge is 2.22. The van der Waals surface area contributed by atoms with Crippen molar-refractivity contribution in [3.8, 4) is 0 Å². The van der Waals surface area contributed by atoms with E-state index < -0.39 is 0 Å². The van der Waals surface area contributed by atoms with Gasteiger partial charge >= 0.3 is 5.69 Å². The van der Waals surface area contributed by atoms with Gasteiger partial charge in [-0.05, 0) is 31.8 Å². The molecule has 1 aromatic rings. The predicted molar refractivity (Wildman–Crippen MR) is 74.0 cm³/mol.